The Morgan fingerprint density at radius 2 is 2.12 bits per heavy atom. The monoisotopic (exact) mass is 380 g/mol. The number of sulfonamides is 1. The number of aromatic nitrogens is 2. The van der Waals surface area contributed by atoms with Gasteiger partial charge < -0.3 is 4.90 Å². The van der Waals surface area contributed by atoms with E-state index in [1.165, 1.54) is 18.5 Å². The Morgan fingerprint density at radius 3 is 2.80 bits per heavy atom. The van der Waals surface area contributed by atoms with Gasteiger partial charge in [-0.25, -0.2) is 23.1 Å². The molecule has 2 aromatic rings. The van der Waals surface area contributed by atoms with Crippen LogP contribution in [0.15, 0.2) is 47.8 Å². The minimum absolute atomic E-state index is 0.0469. The number of amides is 1. The van der Waals surface area contributed by atoms with Crippen molar-refractivity contribution in [1.29, 1.82) is 0 Å². The first-order valence-corrected chi connectivity index (χ1v) is 10.4. The fourth-order valence-corrected chi connectivity index (χ4v) is 3.52. The summed E-state index contributed by atoms with van der Waals surface area (Å²) in [6.07, 6.45) is 4.86. The largest absolute Gasteiger partial charge is 0.341 e. The zero-order chi connectivity index (χ0) is 18.3. The van der Waals surface area contributed by atoms with Crippen LogP contribution in [0, 0.1) is 0 Å². The lowest BCUT2D eigenvalue weighted by atomic mass is 10.2. The van der Waals surface area contributed by atoms with Gasteiger partial charge in [-0.3, -0.25) is 4.79 Å². The third-order valence-electron chi connectivity index (χ3n) is 3.46. The van der Waals surface area contributed by atoms with Crippen molar-refractivity contribution in [3.8, 4) is 0 Å². The number of thioether (sulfide) groups is 1. The van der Waals surface area contributed by atoms with Gasteiger partial charge in [-0.15, -0.1) is 0 Å². The van der Waals surface area contributed by atoms with Crippen LogP contribution in [-0.4, -0.2) is 54.8 Å². The molecule has 0 fully saturated rings. The molecule has 0 bridgehead atoms. The molecule has 0 aliphatic heterocycles. The Bertz CT molecular complexity index is 813. The predicted octanol–water partition coefficient (Wildman–Crippen LogP) is 1.39. The minimum atomic E-state index is -3.74. The molecule has 7 nitrogen and oxygen atoms in total. The average molecular weight is 380 g/mol. The third-order valence-corrected chi connectivity index (χ3v) is 5.45. The summed E-state index contributed by atoms with van der Waals surface area (Å²) in [5.74, 6) is 0.614. The summed E-state index contributed by atoms with van der Waals surface area (Å²) in [4.78, 5) is 21.8. The molecule has 1 amide bonds. The molecule has 134 valence electrons. The predicted molar refractivity (Wildman–Crippen MR) is 97.8 cm³/mol. The normalized spacial score (nSPS) is 11.3. The number of carbonyl (C=O) groups is 1. The van der Waals surface area contributed by atoms with E-state index in [0.717, 1.165) is 5.75 Å². The van der Waals surface area contributed by atoms with Crippen LogP contribution in [0.1, 0.15) is 16.1 Å². The Kier molecular flexibility index (Phi) is 6.91. The van der Waals surface area contributed by atoms with E-state index in [9.17, 15) is 13.2 Å². The summed E-state index contributed by atoms with van der Waals surface area (Å²) in [7, 11) is -2.04. The molecule has 0 aliphatic rings. The summed E-state index contributed by atoms with van der Waals surface area (Å²) in [6.45, 7) is 0.652. The lowest BCUT2D eigenvalue weighted by molar-refractivity contribution is 0.0803. The molecular weight excluding hydrogens is 360 g/mol. The van der Waals surface area contributed by atoms with Crippen molar-refractivity contribution in [2.75, 3.05) is 25.6 Å². The molecule has 0 unspecified atom stereocenters. The molecule has 0 aliphatic carbocycles. The number of hydrogen-bond acceptors (Lipinski definition) is 6. The summed E-state index contributed by atoms with van der Waals surface area (Å²) < 4.78 is 27.4. The van der Waals surface area contributed by atoms with Crippen molar-refractivity contribution in [3.05, 3.63) is 54.1 Å². The Balaban J connectivity index is 2.12. The highest BCUT2D eigenvalue weighted by Crippen LogP contribution is 2.13. The van der Waals surface area contributed by atoms with E-state index >= 15 is 0 Å². The maximum Gasteiger partial charge on any atom is 0.253 e. The molecule has 0 atom stereocenters. The third kappa shape index (κ3) is 5.52. The molecule has 1 heterocycles. The van der Waals surface area contributed by atoms with Gasteiger partial charge in [-0.05, 0) is 30.5 Å². The summed E-state index contributed by atoms with van der Waals surface area (Å²) >= 11 is 1.64. The van der Waals surface area contributed by atoms with Crippen molar-refractivity contribution in [1.82, 2.24) is 19.6 Å². The van der Waals surface area contributed by atoms with Crippen LogP contribution in [0.4, 0.5) is 0 Å². The van der Waals surface area contributed by atoms with Gasteiger partial charge in [0.15, 0.2) is 0 Å². The van der Waals surface area contributed by atoms with Gasteiger partial charge in [-0.2, -0.15) is 11.8 Å². The van der Waals surface area contributed by atoms with Crippen LogP contribution in [0.5, 0.6) is 0 Å². The fourth-order valence-electron chi connectivity index (χ4n) is 2.02. The number of nitrogens with zero attached hydrogens (tertiary/aromatic N) is 3. The number of hydrogen-bond donors (Lipinski definition) is 1. The first kappa shape index (κ1) is 19.4. The van der Waals surface area contributed by atoms with E-state index in [1.54, 1.807) is 48.1 Å². The van der Waals surface area contributed by atoms with E-state index in [0.29, 0.717) is 17.8 Å². The molecule has 1 aromatic carbocycles. The van der Waals surface area contributed by atoms with Crippen LogP contribution >= 0.6 is 11.8 Å². The summed E-state index contributed by atoms with van der Waals surface area (Å²) in [5, 5.41) is 0. The molecule has 0 radical (unpaired) electrons. The highest BCUT2D eigenvalue weighted by atomic mass is 32.2. The zero-order valence-electron chi connectivity index (χ0n) is 14.0. The van der Waals surface area contributed by atoms with Crippen molar-refractivity contribution in [3.63, 3.8) is 0 Å². The second-order valence-electron chi connectivity index (χ2n) is 5.27. The van der Waals surface area contributed by atoms with Gasteiger partial charge in [0.1, 0.15) is 6.33 Å². The highest BCUT2D eigenvalue weighted by Gasteiger charge is 2.18. The number of benzene rings is 1. The van der Waals surface area contributed by atoms with Crippen LogP contribution in [0.25, 0.3) is 0 Å². The second kappa shape index (κ2) is 8.93. The number of rotatable bonds is 8. The standard InChI is InChI=1S/C16H20N4O3S2/c1-20(8-9-24-2)16(21)13-4-3-5-15(10-13)25(22,23)19-11-14-6-7-17-12-18-14/h3-7,10,12,19H,8-9,11H2,1-2H3. The number of carbonyl (C=O) groups excluding carboxylic acids is 1. The van der Waals surface area contributed by atoms with Gasteiger partial charge in [0.25, 0.3) is 5.91 Å². The molecule has 1 aromatic heterocycles. The Morgan fingerprint density at radius 1 is 1.32 bits per heavy atom. The Hall–Kier alpha value is -1.97. The molecule has 0 saturated heterocycles. The molecule has 25 heavy (non-hydrogen) atoms. The quantitative estimate of drug-likeness (QED) is 0.744. The molecule has 0 saturated carbocycles. The first-order chi connectivity index (χ1) is 11.9. The van der Waals surface area contributed by atoms with Crippen molar-refractivity contribution in [2.45, 2.75) is 11.4 Å². The average Bonchev–Trinajstić information content (AvgIpc) is 2.65. The van der Waals surface area contributed by atoms with E-state index in [2.05, 4.69) is 14.7 Å². The molecule has 1 N–H and O–H groups in total. The zero-order valence-corrected chi connectivity index (χ0v) is 15.7. The fraction of sp³-hybridized carbons (Fsp3) is 0.312. The van der Waals surface area contributed by atoms with Gasteiger partial charge in [0.05, 0.1) is 17.1 Å². The van der Waals surface area contributed by atoms with E-state index in [1.807, 2.05) is 6.26 Å². The van der Waals surface area contributed by atoms with Crippen molar-refractivity contribution >= 4 is 27.7 Å². The van der Waals surface area contributed by atoms with Crippen molar-refractivity contribution in [2.24, 2.45) is 0 Å². The SMILES string of the molecule is CSCCN(C)C(=O)c1cccc(S(=O)(=O)NCc2ccncn2)c1. The summed E-state index contributed by atoms with van der Waals surface area (Å²) in [6, 6.07) is 7.65. The van der Waals surface area contributed by atoms with E-state index in [4.69, 9.17) is 0 Å². The first-order valence-electron chi connectivity index (χ1n) is 7.53. The molecule has 9 heteroatoms. The lowest BCUT2D eigenvalue weighted by Gasteiger charge is -2.17. The maximum atomic E-state index is 12.4. The summed E-state index contributed by atoms with van der Waals surface area (Å²) in [5.41, 5.74) is 0.899. The van der Waals surface area contributed by atoms with Crippen LogP contribution < -0.4 is 4.72 Å². The highest BCUT2D eigenvalue weighted by molar-refractivity contribution is 7.98. The molecule has 0 spiro atoms. The van der Waals surface area contributed by atoms with Gasteiger partial charge in [0, 0.05) is 31.1 Å². The van der Waals surface area contributed by atoms with E-state index < -0.39 is 10.0 Å². The minimum Gasteiger partial charge on any atom is -0.341 e. The van der Waals surface area contributed by atoms with Gasteiger partial charge >= 0.3 is 0 Å². The van der Waals surface area contributed by atoms with Gasteiger partial charge in [-0.1, -0.05) is 6.07 Å². The maximum absolute atomic E-state index is 12.4. The van der Waals surface area contributed by atoms with Crippen LogP contribution in [0.2, 0.25) is 0 Å². The smallest absolute Gasteiger partial charge is 0.253 e. The van der Waals surface area contributed by atoms with Crippen LogP contribution in [-0.2, 0) is 16.6 Å². The molecule has 2 rings (SSSR count). The topological polar surface area (TPSA) is 92.3 Å². The van der Waals surface area contributed by atoms with E-state index in [-0.39, 0.29) is 17.3 Å². The van der Waals surface area contributed by atoms with Crippen molar-refractivity contribution < 1.29 is 13.2 Å². The lowest BCUT2D eigenvalue weighted by Crippen LogP contribution is -2.29. The van der Waals surface area contributed by atoms with Gasteiger partial charge in [0.2, 0.25) is 10.0 Å². The second-order valence-corrected chi connectivity index (χ2v) is 8.03. The molecular formula is C16H20N4O3S2. The van der Waals surface area contributed by atoms with Crippen LogP contribution in [0.3, 0.4) is 0 Å². The Labute approximate surface area is 151 Å². The number of nitrogens with one attached hydrogen (secondary N) is 1.